The summed E-state index contributed by atoms with van der Waals surface area (Å²) >= 11 is 6.43. The predicted octanol–water partition coefficient (Wildman–Crippen LogP) is 4.63. The summed E-state index contributed by atoms with van der Waals surface area (Å²) in [5, 5.41) is 0.711. The van der Waals surface area contributed by atoms with Crippen molar-refractivity contribution in [2.75, 3.05) is 50.9 Å². The first-order valence-corrected chi connectivity index (χ1v) is 18.9. The van der Waals surface area contributed by atoms with Crippen LogP contribution in [0.4, 0.5) is 5.69 Å². The first kappa shape index (κ1) is 33.4. The number of nitrogens with zero attached hydrogens (tertiary/aromatic N) is 2. The van der Waals surface area contributed by atoms with Gasteiger partial charge in [-0.25, -0.2) is 13.1 Å². The summed E-state index contributed by atoms with van der Waals surface area (Å²) in [4.78, 5) is 30.1. The summed E-state index contributed by atoms with van der Waals surface area (Å²) in [5.41, 5.74) is 1.37. The highest BCUT2D eigenvalue weighted by Crippen LogP contribution is 2.47. The Balaban J connectivity index is 1.27. The van der Waals surface area contributed by atoms with E-state index < -0.39 is 21.5 Å². The second kappa shape index (κ2) is 13.0. The first-order valence-electron chi connectivity index (χ1n) is 17.0. The van der Waals surface area contributed by atoms with Crippen LogP contribution < -0.4 is 14.4 Å². The minimum Gasteiger partial charge on any atom is -0.490 e. The molecule has 2 aliphatic carbocycles. The molecule has 12 heteroatoms. The molecule has 10 nitrogen and oxygen atoms in total. The van der Waals surface area contributed by atoms with Crippen LogP contribution in [0.25, 0.3) is 0 Å². The lowest BCUT2D eigenvalue weighted by molar-refractivity contribution is -0.143. The second-order valence-corrected chi connectivity index (χ2v) is 16.5. The number of carbonyl (C=O) groups is 2. The molecule has 2 bridgehead atoms. The maximum atomic E-state index is 13.6. The molecule has 258 valence electrons. The van der Waals surface area contributed by atoms with Gasteiger partial charge in [-0.05, 0) is 106 Å². The van der Waals surface area contributed by atoms with Crippen molar-refractivity contribution in [3.63, 3.8) is 0 Å². The van der Waals surface area contributed by atoms with Gasteiger partial charge >= 0.3 is 0 Å². The Morgan fingerprint density at radius 3 is 2.71 bits per heavy atom. The fourth-order valence-corrected chi connectivity index (χ4v) is 9.08. The zero-order valence-electron chi connectivity index (χ0n) is 27.6. The summed E-state index contributed by atoms with van der Waals surface area (Å²) in [6, 6.07) is 10.9. The van der Waals surface area contributed by atoms with Crippen molar-refractivity contribution in [1.82, 2.24) is 9.62 Å². The van der Waals surface area contributed by atoms with Crippen molar-refractivity contribution < 1.29 is 32.2 Å². The number of anilines is 1. The van der Waals surface area contributed by atoms with Crippen molar-refractivity contribution in [1.29, 1.82) is 0 Å². The lowest BCUT2D eigenvalue weighted by Gasteiger charge is -2.46. The van der Waals surface area contributed by atoms with Gasteiger partial charge in [-0.15, -0.1) is 0 Å². The number of hydrogen-bond donors (Lipinski definition) is 1. The molecule has 2 aromatic carbocycles. The van der Waals surface area contributed by atoms with Crippen LogP contribution in [0.1, 0.15) is 57.1 Å². The molecule has 48 heavy (non-hydrogen) atoms. The Labute approximate surface area is 287 Å². The monoisotopic (exact) mass is 697 g/mol. The van der Waals surface area contributed by atoms with Gasteiger partial charge in [0.1, 0.15) is 18.0 Å². The SMILES string of the molecule is CC1(C)OC/C=C/[C@H](OCC(=O)N2CCC2)[C@@H]2CC[C@H]2CN2C[C@@]3(CCCc4cc(Cl)ccc43)COc3ccc(cc32)S(=O)(=O)NC1=O. The standard InChI is InChI=1S/C36H44ClN3O7S/c1-35(2)34(42)38-48(43,44)27-10-13-32-30(19-27)40(22-36(23-46-32)14-3-6-24-18-26(37)9-12-29(24)36)20-25-8-11-28(25)31(7-4-17-47-35)45-21-33(41)39-15-5-16-39/h4,7,9-10,12-13,18-19,25,28,31H,3,5-6,8,11,14-17,20-23H2,1-2H3,(H,38,42)/b7-4+/t25-,28+,31-,36-/m0/s1. The highest BCUT2D eigenvalue weighted by molar-refractivity contribution is 7.90. The molecule has 2 amide bonds. The van der Waals surface area contributed by atoms with Crippen LogP contribution in [0.2, 0.25) is 5.02 Å². The minimum absolute atomic E-state index is 0.00272. The van der Waals surface area contributed by atoms with Crippen molar-refractivity contribution in [2.24, 2.45) is 11.8 Å². The largest absolute Gasteiger partial charge is 0.490 e. The number of fused-ring (bicyclic) bond motifs is 4. The molecule has 0 aromatic heterocycles. The van der Waals surface area contributed by atoms with E-state index in [0.717, 1.165) is 51.6 Å². The Kier molecular flexibility index (Phi) is 9.02. The highest BCUT2D eigenvalue weighted by atomic mass is 35.5. The van der Waals surface area contributed by atoms with E-state index in [1.54, 1.807) is 12.1 Å². The van der Waals surface area contributed by atoms with Crippen LogP contribution in [0.5, 0.6) is 5.75 Å². The lowest BCUT2D eigenvalue weighted by atomic mass is 9.68. The number of likely N-dealkylation sites (tertiary alicyclic amines) is 1. The van der Waals surface area contributed by atoms with Crippen LogP contribution in [0.15, 0.2) is 53.4 Å². The lowest BCUT2D eigenvalue weighted by Crippen LogP contribution is -2.50. The molecule has 3 heterocycles. The number of nitrogens with one attached hydrogen (secondary N) is 1. The molecule has 1 saturated carbocycles. The van der Waals surface area contributed by atoms with E-state index in [4.69, 9.17) is 25.8 Å². The fraction of sp³-hybridized carbons (Fsp3) is 0.556. The number of carbonyl (C=O) groups excluding carboxylic acids is 2. The van der Waals surface area contributed by atoms with E-state index in [-0.39, 0.29) is 47.4 Å². The predicted molar refractivity (Wildman–Crippen MR) is 182 cm³/mol. The quantitative estimate of drug-likeness (QED) is 0.463. The number of rotatable bonds is 3. The summed E-state index contributed by atoms with van der Waals surface area (Å²) in [5.74, 6) is 0.195. The molecule has 2 fully saturated rings. The number of sulfonamides is 1. The Hall–Kier alpha value is -3.12. The summed E-state index contributed by atoms with van der Waals surface area (Å²) in [6.45, 7) is 6.43. The Morgan fingerprint density at radius 1 is 1.12 bits per heavy atom. The average Bonchev–Trinajstić information content (AvgIpc) is 3.15. The molecule has 1 N–H and O–H groups in total. The van der Waals surface area contributed by atoms with Gasteiger partial charge in [0.05, 0.1) is 29.9 Å². The zero-order valence-corrected chi connectivity index (χ0v) is 29.2. The number of benzene rings is 2. The minimum atomic E-state index is -4.22. The molecule has 0 unspecified atom stereocenters. The number of aryl methyl sites for hydroxylation is 1. The summed E-state index contributed by atoms with van der Waals surface area (Å²) in [7, 11) is -4.22. The molecule has 2 aromatic rings. The van der Waals surface area contributed by atoms with E-state index in [9.17, 15) is 18.0 Å². The molecule has 1 spiro atoms. The normalized spacial score (nSPS) is 30.0. The van der Waals surface area contributed by atoms with Crippen molar-refractivity contribution in [3.8, 4) is 5.75 Å². The van der Waals surface area contributed by atoms with E-state index in [0.29, 0.717) is 36.2 Å². The van der Waals surface area contributed by atoms with Gasteiger partial charge in [-0.3, -0.25) is 9.59 Å². The van der Waals surface area contributed by atoms with Crippen LogP contribution in [0, 0.1) is 11.8 Å². The molecule has 3 aliphatic heterocycles. The Bertz CT molecular complexity index is 1730. The summed E-state index contributed by atoms with van der Waals surface area (Å²) in [6.07, 6.45) is 9.21. The zero-order chi connectivity index (χ0) is 33.7. The van der Waals surface area contributed by atoms with Gasteiger partial charge in [0.2, 0.25) is 5.91 Å². The maximum absolute atomic E-state index is 13.6. The van der Waals surface area contributed by atoms with Crippen molar-refractivity contribution in [2.45, 2.75) is 74.4 Å². The first-order chi connectivity index (χ1) is 22.9. The third kappa shape index (κ3) is 6.46. The third-order valence-corrected chi connectivity index (χ3v) is 12.5. The van der Waals surface area contributed by atoms with Crippen LogP contribution in [-0.2, 0) is 40.9 Å². The van der Waals surface area contributed by atoms with Crippen LogP contribution >= 0.6 is 11.6 Å². The van der Waals surface area contributed by atoms with Gasteiger partial charge in [0.15, 0.2) is 0 Å². The molecule has 0 radical (unpaired) electrons. The topological polar surface area (TPSA) is 114 Å². The molecular formula is C36H44ClN3O7S. The molecule has 4 atom stereocenters. The molecule has 5 aliphatic rings. The number of amides is 2. The Morgan fingerprint density at radius 2 is 1.96 bits per heavy atom. The van der Waals surface area contributed by atoms with E-state index in [1.807, 2.05) is 23.1 Å². The van der Waals surface area contributed by atoms with Gasteiger partial charge in [0, 0.05) is 36.6 Å². The van der Waals surface area contributed by atoms with E-state index in [1.165, 1.54) is 31.0 Å². The maximum Gasteiger partial charge on any atom is 0.265 e. The number of halogens is 1. The fourth-order valence-electron chi connectivity index (χ4n) is 7.76. The smallest absolute Gasteiger partial charge is 0.265 e. The second-order valence-electron chi connectivity index (χ2n) is 14.4. The van der Waals surface area contributed by atoms with Crippen LogP contribution in [0.3, 0.4) is 0 Å². The molecule has 7 rings (SSSR count). The van der Waals surface area contributed by atoms with Gasteiger partial charge in [-0.2, -0.15) is 0 Å². The van der Waals surface area contributed by atoms with Gasteiger partial charge in [0.25, 0.3) is 15.9 Å². The van der Waals surface area contributed by atoms with E-state index in [2.05, 4.69) is 21.8 Å². The molecule has 1 saturated heterocycles. The van der Waals surface area contributed by atoms with E-state index >= 15 is 0 Å². The third-order valence-electron chi connectivity index (χ3n) is 10.9. The molecular weight excluding hydrogens is 654 g/mol. The number of ether oxygens (including phenoxy) is 3. The number of hydrogen-bond acceptors (Lipinski definition) is 8. The van der Waals surface area contributed by atoms with Crippen LogP contribution in [-0.4, -0.2) is 82.8 Å². The van der Waals surface area contributed by atoms with Gasteiger partial charge in [-0.1, -0.05) is 29.8 Å². The summed E-state index contributed by atoms with van der Waals surface area (Å²) < 4.78 is 48.2. The van der Waals surface area contributed by atoms with Crippen molar-refractivity contribution in [3.05, 3.63) is 64.7 Å². The average molecular weight is 698 g/mol. The highest BCUT2D eigenvalue weighted by Gasteiger charge is 2.45. The van der Waals surface area contributed by atoms with Gasteiger partial charge < -0.3 is 24.0 Å². The van der Waals surface area contributed by atoms with Crippen molar-refractivity contribution >= 4 is 39.1 Å².